The van der Waals surface area contributed by atoms with Crippen LogP contribution in [0.15, 0.2) is 24.3 Å². The fourth-order valence-electron chi connectivity index (χ4n) is 1.77. The van der Waals surface area contributed by atoms with Crippen LogP contribution >= 0.6 is 11.3 Å². The van der Waals surface area contributed by atoms with E-state index in [2.05, 4.69) is 4.98 Å². The van der Waals surface area contributed by atoms with Crippen molar-refractivity contribution < 1.29 is 13.9 Å². The van der Waals surface area contributed by atoms with E-state index in [1.54, 1.807) is 25.3 Å². The Balaban J connectivity index is 2.10. The summed E-state index contributed by atoms with van der Waals surface area (Å²) in [6, 6.07) is 6.19. The molecule has 2 rings (SSSR count). The molecule has 0 saturated carbocycles. The maximum Gasteiger partial charge on any atom is 0.165 e. The fraction of sp³-hybridized carbons (Fsp3) is 0.357. The molecule has 108 valence electrons. The molecule has 0 saturated heterocycles. The van der Waals surface area contributed by atoms with E-state index in [0.29, 0.717) is 6.61 Å². The van der Waals surface area contributed by atoms with Crippen molar-refractivity contribution in [1.29, 1.82) is 0 Å². The van der Waals surface area contributed by atoms with E-state index in [4.69, 9.17) is 15.2 Å². The van der Waals surface area contributed by atoms with E-state index in [-0.39, 0.29) is 24.2 Å². The predicted octanol–water partition coefficient (Wildman–Crippen LogP) is 3.03. The molecule has 4 nitrogen and oxygen atoms in total. The zero-order valence-electron chi connectivity index (χ0n) is 11.4. The molecule has 20 heavy (non-hydrogen) atoms. The van der Waals surface area contributed by atoms with Crippen molar-refractivity contribution in [2.24, 2.45) is 5.73 Å². The van der Waals surface area contributed by atoms with Gasteiger partial charge in [0.05, 0.1) is 12.3 Å². The van der Waals surface area contributed by atoms with Crippen molar-refractivity contribution in [3.05, 3.63) is 45.7 Å². The molecule has 1 aromatic heterocycles. The van der Waals surface area contributed by atoms with Crippen LogP contribution in [0.3, 0.4) is 0 Å². The van der Waals surface area contributed by atoms with Gasteiger partial charge in [-0.3, -0.25) is 0 Å². The number of rotatable bonds is 6. The highest BCUT2D eigenvalue weighted by molar-refractivity contribution is 7.11. The Morgan fingerprint density at radius 2 is 2.10 bits per heavy atom. The summed E-state index contributed by atoms with van der Waals surface area (Å²) in [5.74, 6) is -0.160. The number of aromatic nitrogens is 1. The lowest BCUT2D eigenvalue weighted by Crippen LogP contribution is -2.06. The lowest BCUT2D eigenvalue weighted by molar-refractivity contribution is 0.180. The Hall–Kier alpha value is -1.50. The molecule has 0 radical (unpaired) electrons. The van der Waals surface area contributed by atoms with Crippen LogP contribution in [-0.2, 0) is 18.0 Å². The van der Waals surface area contributed by atoms with Gasteiger partial charge in [-0.2, -0.15) is 0 Å². The summed E-state index contributed by atoms with van der Waals surface area (Å²) in [4.78, 5) is 5.40. The van der Waals surface area contributed by atoms with E-state index < -0.39 is 0 Å². The van der Waals surface area contributed by atoms with Crippen molar-refractivity contribution in [2.75, 3.05) is 7.11 Å². The number of nitrogens with zero attached hydrogens (tertiary/aromatic N) is 1. The molecule has 6 heteroatoms. The summed E-state index contributed by atoms with van der Waals surface area (Å²) in [6.45, 7) is 2.52. The molecule has 2 N–H and O–H groups in total. The lowest BCUT2D eigenvalue weighted by atomic mass is 10.2. The quantitative estimate of drug-likeness (QED) is 0.890. The SMILES string of the molecule is COCc1nc(COc2ccccc2F)sc1C(C)N. The summed E-state index contributed by atoms with van der Waals surface area (Å²) < 4.78 is 24.0. The van der Waals surface area contributed by atoms with Gasteiger partial charge in [0.1, 0.15) is 11.6 Å². The average molecular weight is 296 g/mol. The van der Waals surface area contributed by atoms with Gasteiger partial charge in [-0.1, -0.05) is 12.1 Å². The minimum Gasteiger partial charge on any atom is -0.483 e. The van der Waals surface area contributed by atoms with Crippen molar-refractivity contribution in [3.63, 3.8) is 0 Å². The van der Waals surface area contributed by atoms with Crippen LogP contribution in [0.1, 0.15) is 28.5 Å². The van der Waals surface area contributed by atoms with Crippen molar-refractivity contribution in [2.45, 2.75) is 26.2 Å². The number of ether oxygens (including phenoxy) is 2. The number of halogens is 1. The van der Waals surface area contributed by atoms with E-state index in [9.17, 15) is 4.39 Å². The monoisotopic (exact) mass is 296 g/mol. The minimum atomic E-state index is -0.381. The molecular weight excluding hydrogens is 279 g/mol. The lowest BCUT2D eigenvalue weighted by Gasteiger charge is -2.04. The molecule has 0 spiro atoms. The number of para-hydroxylation sites is 1. The molecule has 1 unspecified atom stereocenters. The van der Waals surface area contributed by atoms with Gasteiger partial charge in [0.2, 0.25) is 0 Å². The van der Waals surface area contributed by atoms with E-state index in [1.165, 1.54) is 17.4 Å². The zero-order chi connectivity index (χ0) is 14.5. The molecule has 1 atom stereocenters. The van der Waals surface area contributed by atoms with Crippen molar-refractivity contribution in [3.8, 4) is 5.75 Å². The second-order valence-corrected chi connectivity index (χ2v) is 5.47. The molecule has 0 aliphatic heterocycles. The summed E-state index contributed by atoms with van der Waals surface area (Å²) >= 11 is 1.47. The van der Waals surface area contributed by atoms with Crippen LogP contribution in [0.5, 0.6) is 5.75 Å². The number of hydrogen-bond acceptors (Lipinski definition) is 5. The molecule has 0 amide bonds. The number of methoxy groups -OCH3 is 1. The normalized spacial score (nSPS) is 12.4. The zero-order valence-corrected chi connectivity index (χ0v) is 12.2. The van der Waals surface area contributed by atoms with Crippen LogP contribution in [0, 0.1) is 5.82 Å². The highest BCUT2D eigenvalue weighted by atomic mass is 32.1. The third-order valence-electron chi connectivity index (χ3n) is 2.65. The van der Waals surface area contributed by atoms with Crippen LogP contribution in [0.2, 0.25) is 0 Å². The van der Waals surface area contributed by atoms with Gasteiger partial charge in [0, 0.05) is 18.0 Å². The highest BCUT2D eigenvalue weighted by Crippen LogP contribution is 2.26. The summed E-state index contributed by atoms with van der Waals surface area (Å²) in [7, 11) is 1.61. The first-order valence-corrected chi connectivity index (χ1v) is 7.03. The maximum atomic E-state index is 13.4. The van der Waals surface area contributed by atoms with Crippen molar-refractivity contribution >= 4 is 11.3 Å². The summed E-state index contributed by atoms with van der Waals surface area (Å²) in [6.07, 6.45) is 0. The van der Waals surface area contributed by atoms with Crippen LogP contribution in [-0.4, -0.2) is 12.1 Å². The van der Waals surface area contributed by atoms with E-state index in [0.717, 1.165) is 15.6 Å². The van der Waals surface area contributed by atoms with Gasteiger partial charge in [0.15, 0.2) is 11.6 Å². The first-order valence-electron chi connectivity index (χ1n) is 6.22. The summed E-state index contributed by atoms with van der Waals surface area (Å²) in [5.41, 5.74) is 6.72. The average Bonchev–Trinajstić information content (AvgIpc) is 2.82. The van der Waals surface area contributed by atoms with Gasteiger partial charge in [-0.05, 0) is 19.1 Å². The molecule has 0 aliphatic rings. The third kappa shape index (κ3) is 3.53. The first-order chi connectivity index (χ1) is 9.61. The molecule has 0 fully saturated rings. The van der Waals surface area contributed by atoms with E-state index >= 15 is 0 Å². The third-order valence-corrected chi connectivity index (χ3v) is 3.93. The predicted molar refractivity (Wildman–Crippen MR) is 76.2 cm³/mol. The van der Waals surface area contributed by atoms with Crippen LogP contribution < -0.4 is 10.5 Å². The van der Waals surface area contributed by atoms with Gasteiger partial charge in [-0.15, -0.1) is 11.3 Å². The van der Waals surface area contributed by atoms with E-state index in [1.807, 2.05) is 6.92 Å². The van der Waals surface area contributed by atoms with Crippen molar-refractivity contribution in [1.82, 2.24) is 4.98 Å². The smallest absolute Gasteiger partial charge is 0.165 e. The Labute approximate surface area is 121 Å². The summed E-state index contributed by atoms with van der Waals surface area (Å²) in [5, 5.41) is 0.757. The Bertz CT molecular complexity index is 572. The highest BCUT2D eigenvalue weighted by Gasteiger charge is 2.15. The molecule has 1 aromatic carbocycles. The van der Waals surface area contributed by atoms with Gasteiger partial charge in [0.25, 0.3) is 0 Å². The Morgan fingerprint density at radius 3 is 2.75 bits per heavy atom. The molecule has 0 aliphatic carbocycles. The molecular formula is C14H17FN2O2S. The van der Waals surface area contributed by atoms with Gasteiger partial charge >= 0.3 is 0 Å². The Morgan fingerprint density at radius 1 is 1.35 bits per heavy atom. The molecule has 2 aromatic rings. The minimum absolute atomic E-state index is 0.111. The van der Waals surface area contributed by atoms with Crippen LogP contribution in [0.4, 0.5) is 4.39 Å². The molecule has 1 heterocycles. The number of benzene rings is 1. The second kappa shape index (κ2) is 6.78. The number of hydrogen-bond donors (Lipinski definition) is 1. The number of nitrogens with two attached hydrogens (primary N) is 1. The second-order valence-electron chi connectivity index (χ2n) is 4.36. The topological polar surface area (TPSA) is 57.4 Å². The fourth-order valence-corrected chi connectivity index (χ4v) is 2.71. The maximum absolute atomic E-state index is 13.4. The molecule has 0 bridgehead atoms. The first kappa shape index (κ1) is 14.9. The Kier molecular flexibility index (Phi) is 5.05. The standard InChI is InChI=1S/C14H17FN2O2S/c1-9(16)14-11(7-18-2)17-13(20-14)8-19-12-6-4-3-5-10(12)15/h3-6,9H,7-8,16H2,1-2H3. The largest absolute Gasteiger partial charge is 0.483 e. The van der Waals surface area contributed by atoms with Gasteiger partial charge in [-0.25, -0.2) is 9.37 Å². The number of thiazole rings is 1. The van der Waals surface area contributed by atoms with Crippen LogP contribution in [0.25, 0.3) is 0 Å². The van der Waals surface area contributed by atoms with Gasteiger partial charge < -0.3 is 15.2 Å².